The van der Waals surface area contributed by atoms with Gasteiger partial charge in [0.15, 0.2) is 0 Å². The lowest BCUT2D eigenvalue weighted by Crippen LogP contribution is -2.53. The number of amides is 3. The molecule has 10 heteroatoms. The van der Waals surface area contributed by atoms with Crippen LogP contribution in [0.5, 0.6) is 0 Å². The van der Waals surface area contributed by atoms with Crippen molar-refractivity contribution in [1.82, 2.24) is 10.2 Å². The molecule has 3 fully saturated rings. The number of anilines is 1. The van der Waals surface area contributed by atoms with E-state index >= 15 is 0 Å². The molecule has 40 heavy (non-hydrogen) atoms. The number of alkyl halides is 1. The Morgan fingerprint density at radius 2 is 1.85 bits per heavy atom. The van der Waals surface area contributed by atoms with E-state index in [2.05, 4.69) is 26.6 Å². The summed E-state index contributed by atoms with van der Waals surface area (Å²) in [5, 5.41) is 15.6. The molecular weight excluding hydrogens is 614 g/mol. The number of aliphatic hydroxyl groups excluding tert-OH is 1. The van der Waals surface area contributed by atoms with E-state index in [0.717, 1.165) is 30.4 Å². The van der Waals surface area contributed by atoms with Crippen molar-refractivity contribution in [3.05, 3.63) is 64.7 Å². The van der Waals surface area contributed by atoms with E-state index in [1.54, 1.807) is 22.7 Å². The van der Waals surface area contributed by atoms with Gasteiger partial charge in [0, 0.05) is 29.8 Å². The van der Waals surface area contributed by atoms with Crippen LogP contribution in [0.15, 0.2) is 48.5 Å². The van der Waals surface area contributed by atoms with Crippen molar-refractivity contribution in [1.29, 1.82) is 0 Å². The number of unbranched alkanes of at least 4 members (excludes halogenated alkanes) is 3. The Kier molecular flexibility index (Phi) is 9.14. The first-order valence-electron chi connectivity index (χ1n) is 13.9. The molecule has 6 atom stereocenters. The van der Waals surface area contributed by atoms with E-state index < -0.39 is 22.6 Å². The minimum Gasteiger partial charge on any atom is -0.396 e. The molecule has 3 heterocycles. The number of para-hydroxylation sites is 1. The van der Waals surface area contributed by atoms with Gasteiger partial charge < -0.3 is 20.6 Å². The summed E-state index contributed by atoms with van der Waals surface area (Å²) in [6.07, 6.45) is 3.76. The van der Waals surface area contributed by atoms with Crippen LogP contribution in [0.25, 0.3) is 0 Å². The number of aryl methyl sites for hydroxylation is 1. The van der Waals surface area contributed by atoms with E-state index in [0.29, 0.717) is 36.6 Å². The molecule has 0 aromatic heterocycles. The lowest BCUT2D eigenvalue weighted by atomic mass is 9.70. The Bertz CT molecular complexity index is 1250. The molecule has 5 rings (SSSR count). The molecule has 3 amide bonds. The number of rotatable bonds is 11. The number of aliphatic hydroxyl groups is 1. The number of carbonyl (C=O) groups is 3. The summed E-state index contributed by atoms with van der Waals surface area (Å²) in [5.74, 6) is -1.63. The van der Waals surface area contributed by atoms with Gasteiger partial charge in [-0.1, -0.05) is 82.8 Å². The number of hydrogen-bond donors (Lipinski definition) is 3. The van der Waals surface area contributed by atoms with Crippen LogP contribution in [0.4, 0.5) is 5.69 Å². The number of fused-ring (bicyclic) bond motifs is 1. The zero-order valence-corrected chi connectivity index (χ0v) is 25.6. The molecule has 7 nitrogen and oxygen atoms in total. The molecule has 1 spiro atoms. The van der Waals surface area contributed by atoms with Gasteiger partial charge in [0.05, 0.1) is 27.3 Å². The van der Waals surface area contributed by atoms with Gasteiger partial charge in [0.1, 0.15) is 6.04 Å². The largest absolute Gasteiger partial charge is 0.396 e. The van der Waals surface area contributed by atoms with E-state index in [1.165, 1.54) is 0 Å². The van der Waals surface area contributed by atoms with Gasteiger partial charge in [-0.05, 0) is 43.4 Å². The quantitative estimate of drug-likeness (QED) is 0.237. The lowest BCUT2D eigenvalue weighted by Gasteiger charge is -2.35. The first kappa shape index (κ1) is 29.4. The van der Waals surface area contributed by atoms with Crippen molar-refractivity contribution >= 4 is 62.7 Å². The van der Waals surface area contributed by atoms with Crippen molar-refractivity contribution in [2.45, 2.75) is 66.4 Å². The summed E-state index contributed by atoms with van der Waals surface area (Å²) in [6.45, 7) is 2.84. The molecule has 0 aliphatic carbocycles. The molecule has 3 N–H and O–H groups in total. The zero-order chi connectivity index (χ0) is 28.4. The summed E-state index contributed by atoms with van der Waals surface area (Å²) in [6, 6.07) is 14.5. The second kappa shape index (κ2) is 12.4. The normalized spacial score (nSPS) is 28.6. The van der Waals surface area contributed by atoms with Crippen molar-refractivity contribution in [3.8, 4) is 0 Å². The smallest absolute Gasteiger partial charge is 0.248 e. The third kappa shape index (κ3) is 5.42. The van der Waals surface area contributed by atoms with Crippen LogP contribution < -0.4 is 10.6 Å². The third-order valence-corrected chi connectivity index (χ3v) is 12.0. The standard InChI is InChI=1S/C30H35BrClN3O4S/c1-18-10-9-13-21(32)24(18)34-28(38)26-30-16-20(31)25(40-30)22(27(37)33-17-19-11-5-4-6-12-19)23(30)29(39)35(26)14-7-2-3-8-15-36/h4-6,9-13,20,22-23,25-26,36H,2-3,7-8,14-17H2,1H3,(H,33,37)(H,34,38)/t20?,22-,23-,25-,26?,30?/m0/s1. The fraction of sp³-hybridized carbons (Fsp3) is 0.500. The highest BCUT2D eigenvalue weighted by Gasteiger charge is 2.75. The highest BCUT2D eigenvalue weighted by atomic mass is 79.9. The molecule has 2 bridgehead atoms. The monoisotopic (exact) mass is 647 g/mol. The molecular formula is C30H35BrClN3O4S. The van der Waals surface area contributed by atoms with Gasteiger partial charge in [0.25, 0.3) is 0 Å². The summed E-state index contributed by atoms with van der Waals surface area (Å²) in [4.78, 5) is 43.7. The average Bonchev–Trinajstić information content (AvgIpc) is 3.53. The SMILES string of the molecule is Cc1cccc(Cl)c1NC(=O)C1N(CCCCCCO)C(=O)[C@@H]2[C@H](C(=O)NCc3ccccc3)[C@H]3SC12CC3Br. The molecule has 214 valence electrons. The maximum Gasteiger partial charge on any atom is 0.248 e. The van der Waals surface area contributed by atoms with Crippen LogP contribution in [0.3, 0.4) is 0 Å². The van der Waals surface area contributed by atoms with Crippen molar-refractivity contribution < 1.29 is 19.5 Å². The Morgan fingerprint density at radius 1 is 1.10 bits per heavy atom. The summed E-state index contributed by atoms with van der Waals surface area (Å²) in [5.41, 5.74) is 2.38. The number of nitrogens with zero attached hydrogens (tertiary/aromatic N) is 1. The molecule has 3 saturated heterocycles. The summed E-state index contributed by atoms with van der Waals surface area (Å²) in [7, 11) is 0. The van der Waals surface area contributed by atoms with Gasteiger partial charge in [0.2, 0.25) is 17.7 Å². The molecule has 2 aromatic carbocycles. The van der Waals surface area contributed by atoms with Crippen LogP contribution in [-0.2, 0) is 20.9 Å². The molecule has 3 unspecified atom stereocenters. The van der Waals surface area contributed by atoms with Gasteiger partial charge in [-0.2, -0.15) is 0 Å². The van der Waals surface area contributed by atoms with Crippen LogP contribution in [0.2, 0.25) is 5.02 Å². The highest BCUT2D eigenvalue weighted by Crippen LogP contribution is 2.67. The van der Waals surface area contributed by atoms with Crippen LogP contribution >= 0.6 is 39.3 Å². The van der Waals surface area contributed by atoms with E-state index in [1.807, 2.05) is 49.4 Å². The second-order valence-corrected chi connectivity index (χ2v) is 14.1. The predicted octanol–water partition coefficient (Wildman–Crippen LogP) is 4.92. The Labute approximate surface area is 252 Å². The maximum atomic E-state index is 14.2. The highest BCUT2D eigenvalue weighted by molar-refractivity contribution is 9.09. The Hall–Kier alpha value is -2.07. The fourth-order valence-electron chi connectivity index (χ4n) is 6.60. The lowest BCUT2D eigenvalue weighted by molar-refractivity contribution is -0.139. The average molecular weight is 649 g/mol. The number of likely N-dealkylation sites (tertiary alicyclic amines) is 1. The van der Waals surface area contributed by atoms with E-state index in [4.69, 9.17) is 16.7 Å². The summed E-state index contributed by atoms with van der Waals surface area (Å²) < 4.78 is -0.713. The van der Waals surface area contributed by atoms with Gasteiger partial charge in [-0.3, -0.25) is 14.4 Å². The number of hydrogen-bond acceptors (Lipinski definition) is 5. The van der Waals surface area contributed by atoms with Gasteiger partial charge in [-0.15, -0.1) is 11.8 Å². The van der Waals surface area contributed by atoms with E-state index in [-0.39, 0.29) is 34.4 Å². The van der Waals surface area contributed by atoms with Crippen molar-refractivity contribution in [2.75, 3.05) is 18.5 Å². The number of nitrogens with one attached hydrogen (secondary N) is 2. The van der Waals surface area contributed by atoms with Gasteiger partial charge in [-0.25, -0.2) is 0 Å². The predicted molar refractivity (Wildman–Crippen MR) is 163 cm³/mol. The first-order valence-corrected chi connectivity index (χ1v) is 16.1. The zero-order valence-electron chi connectivity index (χ0n) is 22.4. The van der Waals surface area contributed by atoms with Crippen molar-refractivity contribution in [3.63, 3.8) is 0 Å². The molecule has 2 aromatic rings. The van der Waals surface area contributed by atoms with E-state index in [9.17, 15) is 14.4 Å². The fourth-order valence-corrected chi connectivity index (χ4v) is 10.5. The maximum absolute atomic E-state index is 14.2. The molecule has 0 saturated carbocycles. The third-order valence-electron chi connectivity index (χ3n) is 8.43. The van der Waals surface area contributed by atoms with Crippen LogP contribution in [-0.4, -0.2) is 61.7 Å². The van der Waals surface area contributed by atoms with Crippen LogP contribution in [0, 0.1) is 18.8 Å². The molecule has 3 aliphatic rings. The molecule has 3 aliphatic heterocycles. The molecule has 0 radical (unpaired) electrons. The number of thioether (sulfide) groups is 1. The Balaban J connectivity index is 1.43. The minimum absolute atomic E-state index is 0.0101. The number of benzene rings is 2. The minimum atomic E-state index is -0.722. The first-order chi connectivity index (χ1) is 19.3. The number of carbonyl (C=O) groups excluding carboxylic acids is 3. The Morgan fingerprint density at radius 3 is 2.58 bits per heavy atom. The number of halogens is 2. The van der Waals surface area contributed by atoms with Gasteiger partial charge >= 0.3 is 0 Å². The van der Waals surface area contributed by atoms with Crippen molar-refractivity contribution in [2.24, 2.45) is 11.8 Å². The summed E-state index contributed by atoms with van der Waals surface area (Å²) >= 11 is 11.9. The van der Waals surface area contributed by atoms with Crippen LogP contribution in [0.1, 0.15) is 43.2 Å². The second-order valence-electron chi connectivity index (χ2n) is 11.0. The topological polar surface area (TPSA) is 98.7 Å².